The first-order valence-corrected chi connectivity index (χ1v) is 14.0. The first-order valence-electron chi connectivity index (χ1n) is 14.0. The molecule has 2 aliphatic heterocycles. The molecule has 1 atom stereocenters. The number of aryl methyl sites for hydroxylation is 1. The molecule has 2 heterocycles. The second-order valence-electron chi connectivity index (χ2n) is 10.4. The molecule has 0 saturated carbocycles. The molecule has 216 valence electrons. The van der Waals surface area contributed by atoms with Crippen molar-refractivity contribution in [3.63, 3.8) is 0 Å². The van der Waals surface area contributed by atoms with Gasteiger partial charge in [0.15, 0.2) is 0 Å². The Bertz CT molecular complexity index is 1420. The summed E-state index contributed by atoms with van der Waals surface area (Å²) in [6.07, 6.45) is 4.92. The maximum Gasteiger partial charge on any atom is 0.417 e. The summed E-state index contributed by atoms with van der Waals surface area (Å²) in [5.41, 5.74) is 4.15. The molecular formula is C32H36F3N5O. The molecule has 0 bridgehead atoms. The molecule has 0 aromatic heterocycles. The maximum absolute atomic E-state index is 14.7. The standard InChI is InChI=1S/C32H36F3N5O/c1-4-16-36-27-13-9-8-12-24(27)22(3)37-29-19-28(23-10-6-5-7-11-23)38-31(39-29)25-15-14-21(2)26(20-41-40-17-18-40)30(25)32(33,34)35/h5-6,8-10,12-15,19,31,36,38H,3-4,7,11,16-18,20H2,1-2H3,(H,37,39). The zero-order chi connectivity index (χ0) is 29.0. The monoisotopic (exact) mass is 563 g/mol. The Labute approximate surface area is 239 Å². The Morgan fingerprint density at radius 1 is 1.20 bits per heavy atom. The number of halogens is 3. The van der Waals surface area contributed by atoms with Crippen molar-refractivity contribution in [3.8, 4) is 0 Å². The van der Waals surface area contributed by atoms with Gasteiger partial charge in [-0.05, 0) is 49.0 Å². The van der Waals surface area contributed by atoms with Crippen LogP contribution < -0.4 is 16.0 Å². The molecule has 2 aromatic carbocycles. The van der Waals surface area contributed by atoms with Crippen molar-refractivity contribution in [2.24, 2.45) is 4.99 Å². The quantitative estimate of drug-likeness (QED) is 0.272. The van der Waals surface area contributed by atoms with Crippen LogP contribution in [0.3, 0.4) is 0 Å². The zero-order valence-electron chi connectivity index (χ0n) is 23.4. The number of rotatable bonds is 10. The van der Waals surface area contributed by atoms with Crippen molar-refractivity contribution in [2.75, 3.05) is 25.0 Å². The van der Waals surface area contributed by atoms with Gasteiger partial charge in [0, 0.05) is 53.9 Å². The molecule has 41 heavy (non-hydrogen) atoms. The number of aliphatic imine (C=N–C) groups is 1. The van der Waals surface area contributed by atoms with E-state index in [0.29, 0.717) is 17.1 Å². The molecule has 2 aromatic rings. The SMILES string of the molecule is C=C(NC1=NC(c2ccc(C)c(CON3CC3)c2C(F)(F)F)NC(C2=CC=CCC2)=C1)c1ccccc1NCCC. The number of hydrogen-bond acceptors (Lipinski definition) is 6. The molecule has 3 N–H and O–H groups in total. The smallest absolute Gasteiger partial charge is 0.385 e. The molecule has 9 heteroatoms. The fraction of sp³-hybridized carbons (Fsp3) is 0.344. The van der Waals surface area contributed by atoms with Crippen LogP contribution in [0.15, 0.2) is 83.5 Å². The normalized spacial score (nSPS) is 18.7. The van der Waals surface area contributed by atoms with Crippen LogP contribution >= 0.6 is 0 Å². The van der Waals surface area contributed by atoms with Gasteiger partial charge in [0.2, 0.25) is 0 Å². The number of hydrogen-bond donors (Lipinski definition) is 3. The van der Waals surface area contributed by atoms with Crippen molar-refractivity contribution in [2.45, 2.75) is 52.1 Å². The van der Waals surface area contributed by atoms with Gasteiger partial charge in [-0.15, -0.1) is 0 Å². The Hall–Kier alpha value is -3.82. The lowest BCUT2D eigenvalue weighted by Crippen LogP contribution is -2.33. The van der Waals surface area contributed by atoms with E-state index < -0.39 is 17.9 Å². The van der Waals surface area contributed by atoms with E-state index in [0.717, 1.165) is 61.4 Å². The van der Waals surface area contributed by atoms with Crippen LogP contribution in [0.2, 0.25) is 0 Å². The fourth-order valence-corrected chi connectivity index (χ4v) is 4.99. The van der Waals surface area contributed by atoms with Gasteiger partial charge in [0.25, 0.3) is 0 Å². The highest BCUT2D eigenvalue weighted by Gasteiger charge is 2.40. The molecule has 3 aliphatic rings. The van der Waals surface area contributed by atoms with E-state index in [-0.39, 0.29) is 17.7 Å². The third-order valence-electron chi connectivity index (χ3n) is 7.25. The molecule has 1 saturated heterocycles. The summed E-state index contributed by atoms with van der Waals surface area (Å²) in [6.45, 7) is 10.1. The number of alkyl halides is 3. The van der Waals surface area contributed by atoms with Crippen LogP contribution in [0.1, 0.15) is 60.2 Å². The zero-order valence-corrected chi connectivity index (χ0v) is 23.4. The summed E-state index contributed by atoms with van der Waals surface area (Å²) in [4.78, 5) is 10.3. The second kappa shape index (κ2) is 12.4. The van der Waals surface area contributed by atoms with Crippen molar-refractivity contribution in [3.05, 3.63) is 106 Å². The molecule has 1 unspecified atom stereocenters. The molecule has 6 nitrogen and oxygen atoms in total. The Morgan fingerprint density at radius 2 is 2.00 bits per heavy atom. The fourth-order valence-electron chi connectivity index (χ4n) is 4.99. The number of hydroxylamine groups is 2. The van der Waals surface area contributed by atoms with Crippen LogP contribution in [-0.4, -0.2) is 30.5 Å². The molecule has 1 aliphatic carbocycles. The van der Waals surface area contributed by atoms with Crippen LogP contribution in [0.4, 0.5) is 18.9 Å². The largest absolute Gasteiger partial charge is 0.417 e. The number of anilines is 1. The van der Waals surface area contributed by atoms with E-state index >= 15 is 0 Å². The molecular weight excluding hydrogens is 527 g/mol. The Kier molecular flexibility index (Phi) is 8.65. The van der Waals surface area contributed by atoms with Gasteiger partial charge in [0.1, 0.15) is 12.0 Å². The van der Waals surface area contributed by atoms with E-state index in [2.05, 4.69) is 35.5 Å². The highest BCUT2D eigenvalue weighted by molar-refractivity contribution is 6.01. The first kappa shape index (κ1) is 28.7. The molecule has 0 amide bonds. The van der Waals surface area contributed by atoms with E-state index in [1.165, 1.54) is 6.07 Å². The van der Waals surface area contributed by atoms with Crippen molar-refractivity contribution < 1.29 is 18.0 Å². The van der Waals surface area contributed by atoms with Crippen molar-refractivity contribution in [1.82, 2.24) is 15.7 Å². The summed E-state index contributed by atoms with van der Waals surface area (Å²) in [5.74, 6) is 0.435. The van der Waals surface area contributed by atoms with Gasteiger partial charge < -0.3 is 16.0 Å². The lowest BCUT2D eigenvalue weighted by atomic mass is 9.93. The van der Waals surface area contributed by atoms with Gasteiger partial charge in [-0.2, -0.15) is 18.2 Å². The summed E-state index contributed by atoms with van der Waals surface area (Å²) >= 11 is 0. The van der Waals surface area contributed by atoms with E-state index in [1.807, 2.05) is 42.5 Å². The summed E-state index contributed by atoms with van der Waals surface area (Å²) in [5, 5.41) is 11.6. The molecule has 0 spiro atoms. The summed E-state index contributed by atoms with van der Waals surface area (Å²) < 4.78 is 44.1. The Balaban J connectivity index is 1.53. The van der Waals surface area contributed by atoms with Crippen LogP contribution in [-0.2, 0) is 17.6 Å². The minimum atomic E-state index is -4.59. The van der Waals surface area contributed by atoms with Gasteiger partial charge in [-0.1, -0.05) is 62.1 Å². The lowest BCUT2D eigenvalue weighted by Gasteiger charge is -2.30. The van der Waals surface area contributed by atoms with Crippen LogP contribution in [0, 0.1) is 6.92 Å². The van der Waals surface area contributed by atoms with Crippen molar-refractivity contribution in [1.29, 1.82) is 0 Å². The highest BCUT2D eigenvalue weighted by Crippen LogP contribution is 2.40. The van der Waals surface area contributed by atoms with Crippen molar-refractivity contribution >= 4 is 17.2 Å². The number of allylic oxidation sites excluding steroid dienone is 4. The summed E-state index contributed by atoms with van der Waals surface area (Å²) in [7, 11) is 0. The highest BCUT2D eigenvalue weighted by atomic mass is 19.4. The minimum Gasteiger partial charge on any atom is -0.385 e. The van der Waals surface area contributed by atoms with Gasteiger partial charge in [-0.3, -0.25) is 4.84 Å². The first-order chi connectivity index (χ1) is 19.7. The summed E-state index contributed by atoms with van der Waals surface area (Å²) in [6, 6.07) is 11.0. The topological polar surface area (TPSA) is 60.7 Å². The number of para-hydroxylation sites is 1. The van der Waals surface area contributed by atoms with Gasteiger partial charge >= 0.3 is 6.18 Å². The minimum absolute atomic E-state index is 0.0555. The molecule has 0 radical (unpaired) electrons. The maximum atomic E-state index is 14.7. The predicted molar refractivity (Wildman–Crippen MR) is 158 cm³/mol. The van der Waals surface area contributed by atoms with E-state index in [1.54, 1.807) is 18.1 Å². The second-order valence-corrected chi connectivity index (χ2v) is 10.4. The molecule has 5 rings (SSSR count). The number of amidine groups is 1. The Morgan fingerprint density at radius 3 is 2.71 bits per heavy atom. The number of nitrogens with zero attached hydrogens (tertiary/aromatic N) is 2. The number of benzene rings is 2. The van der Waals surface area contributed by atoms with Gasteiger partial charge in [0.05, 0.1) is 12.2 Å². The third kappa shape index (κ3) is 6.92. The van der Waals surface area contributed by atoms with Crippen LogP contribution in [0.25, 0.3) is 5.70 Å². The van der Waals surface area contributed by atoms with Gasteiger partial charge in [-0.25, -0.2) is 4.99 Å². The van der Waals surface area contributed by atoms with Crippen LogP contribution in [0.5, 0.6) is 0 Å². The lowest BCUT2D eigenvalue weighted by molar-refractivity contribution is -0.141. The average molecular weight is 564 g/mol. The average Bonchev–Trinajstić information content (AvgIpc) is 3.80. The third-order valence-corrected chi connectivity index (χ3v) is 7.25. The van der Waals surface area contributed by atoms with E-state index in [9.17, 15) is 13.2 Å². The molecule has 1 fully saturated rings. The van der Waals surface area contributed by atoms with E-state index in [4.69, 9.17) is 9.83 Å². The number of nitrogens with one attached hydrogen (secondary N) is 3. The predicted octanol–water partition coefficient (Wildman–Crippen LogP) is 7.00.